The number of benzene rings is 3. The normalized spacial score (nSPS) is 14.8. The van der Waals surface area contributed by atoms with Crippen molar-refractivity contribution in [2.24, 2.45) is 0 Å². The lowest BCUT2D eigenvalue weighted by molar-refractivity contribution is -0.113. The van der Waals surface area contributed by atoms with Crippen LogP contribution < -0.4 is 14.4 Å². The van der Waals surface area contributed by atoms with Crippen molar-refractivity contribution in [1.29, 1.82) is 0 Å². The quantitative estimate of drug-likeness (QED) is 0.247. The summed E-state index contributed by atoms with van der Waals surface area (Å²) in [5.41, 5.74) is 4.98. The highest BCUT2D eigenvalue weighted by Gasteiger charge is 2.33. The number of hydrogen-bond donors (Lipinski definition) is 0. The van der Waals surface area contributed by atoms with Crippen molar-refractivity contribution in [2.45, 2.75) is 20.5 Å². The molecule has 1 saturated heterocycles. The third kappa shape index (κ3) is 5.32. The van der Waals surface area contributed by atoms with Crippen LogP contribution in [0, 0.1) is 13.8 Å². The van der Waals surface area contributed by atoms with Gasteiger partial charge in [0.2, 0.25) is 0 Å². The van der Waals surface area contributed by atoms with Crippen molar-refractivity contribution in [2.75, 3.05) is 12.0 Å². The van der Waals surface area contributed by atoms with Gasteiger partial charge in [-0.2, -0.15) is 0 Å². The molecular weight excluding hydrogens is 518 g/mol. The smallest absolute Gasteiger partial charge is 0.270 e. The molecule has 7 heteroatoms. The maximum absolute atomic E-state index is 13.1. The number of amides is 1. The van der Waals surface area contributed by atoms with Crippen LogP contribution in [0.2, 0.25) is 0 Å². The number of ether oxygens (including phenoxy) is 2. The highest BCUT2D eigenvalue weighted by Crippen LogP contribution is 2.37. The summed E-state index contributed by atoms with van der Waals surface area (Å²) < 4.78 is 13.0. The Morgan fingerprint density at radius 3 is 2.45 bits per heavy atom. The van der Waals surface area contributed by atoms with Gasteiger partial charge in [-0.3, -0.25) is 9.69 Å². The van der Waals surface area contributed by atoms with Crippen LogP contribution in [0.15, 0.2) is 70.0 Å². The number of halogens is 1. The van der Waals surface area contributed by atoms with Gasteiger partial charge in [0.25, 0.3) is 5.91 Å². The minimum atomic E-state index is -0.122. The van der Waals surface area contributed by atoms with E-state index in [1.165, 1.54) is 17.3 Å². The van der Waals surface area contributed by atoms with Gasteiger partial charge < -0.3 is 9.47 Å². The molecule has 0 spiro atoms. The molecule has 168 valence electrons. The summed E-state index contributed by atoms with van der Waals surface area (Å²) in [7, 11) is 1.60. The first-order chi connectivity index (χ1) is 15.9. The molecule has 4 rings (SSSR count). The largest absolute Gasteiger partial charge is 0.493 e. The van der Waals surface area contributed by atoms with Crippen molar-refractivity contribution in [1.82, 2.24) is 0 Å². The van der Waals surface area contributed by atoms with E-state index in [1.54, 1.807) is 12.0 Å². The third-order valence-electron chi connectivity index (χ3n) is 5.34. The van der Waals surface area contributed by atoms with Crippen LogP contribution in [0.25, 0.3) is 6.08 Å². The molecule has 0 atom stereocenters. The lowest BCUT2D eigenvalue weighted by Gasteiger charge is -2.16. The van der Waals surface area contributed by atoms with Gasteiger partial charge in [0.15, 0.2) is 15.8 Å². The molecule has 3 aromatic rings. The highest BCUT2D eigenvalue weighted by molar-refractivity contribution is 9.10. The molecule has 0 unspecified atom stereocenters. The Morgan fingerprint density at radius 1 is 1.00 bits per heavy atom. The van der Waals surface area contributed by atoms with E-state index in [0.29, 0.717) is 27.3 Å². The second kappa shape index (κ2) is 10.1. The van der Waals surface area contributed by atoms with Gasteiger partial charge in [0.1, 0.15) is 6.61 Å². The van der Waals surface area contributed by atoms with E-state index in [4.69, 9.17) is 21.7 Å². The predicted molar refractivity (Wildman–Crippen MR) is 143 cm³/mol. The highest BCUT2D eigenvalue weighted by atomic mass is 79.9. The molecule has 3 aromatic carbocycles. The molecule has 1 aliphatic heterocycles. The fraction of sp³-hybridized carbons (Fsp3) is 0.154. The molecule has 1 fully saturated rings. The Balaban J connectivity index is 1.53. The van der Waals surface area contributed by atoms with Gasteiger partial charge in [0, 0.05) is 4.47 Å². The number of thioether (sulfide) groups is 1. The summed E-state index contributed by atoms with van der Waals surface area (Å²) in [6, 6.07) is 19.5. The van der Waals surface area contributed by atoms with Gasteiger partial charge >= 0.3 is 0 Å². The minimum absolute atomic E-state index is 0.122. The predicted octanol–water partition coefficient (Wildman–Crippen LogP) is 7.06. The van der Waals surface area contributed by atoms with Crippen LogP contribution in [0.5, 0.6) is 11.5 Å². The van der Waals surface area contributed by atoms with Crippen LogP contribution in [0.3, 0.4) is 0 Å². The number of methoxy groups -OCH3 is 1. The summed E-state index contributed by atoms with van der Waals surface area (Å²) in [6.45, 7) is 4.50. The Labute approximate surface area is 211 Å². The van der Waals surface area contributed by atoms with Crippen LogP contribution in [0.1, 0.15) is 22.3 Å². The van der Waals surface area contributed by atoms with Crippen LogP contribution in [-0.2, 0) is 11.4 Å². The van der Waals surface area contributed by atoms with Gasteiger partial charge in [-0.25, -0.2) is 0 Å². The molecule has 0 N–H and O–H groups in total. The molecule has 1 aliphatic rings. The number of carbonyl (C=O) groups is 1. The Kier molecular flexibility index (Phi) is 7.22. The van der Waals surface area contributed by atoms with Crippen molar-refractivity contribution in [3.8, 4) is 11.5 Å². The zero-order valence-corrected chi connectivity index (χ0v) is 21.6. The molecule has 0 aliphatic carbocycles. The fourth-order valence-corrected chi connectivity index (χ4v) is 4.90. The van der Waals surface area contributed by atoms with Gasteiger partial charge in [-0.15, -0.1) is 0 Å². The number of anilines is 1. The number of hydrogen-bond acceptors (Lipinski definition) is 5. The molecule has 0 aromatic heterocycles. The van der Waals surface area contributed by atoms with E-state index in [0.717, 1.165) is 26.9 Å². The molecule has 33 heavy (non-hydrogen) atoms. The fourth-order valence-electron chi connectivity index (χ4n) is 3.34. The number of rotatable bonds is 6. The van der Waals surface area contributed by atoms with Crippen molar-refractivity contribution in [3.63, 3.8) is 0 Å². The summed E-state index contributed by atoms with van der Waals surface area (Å²) in [5, 5.41) is 0. The van der Waals surface area contributed by atoms with E-state index >= 15 is 0 Å². The average molecular weight is 541 g/mol. The summed E-state index contributed by atoms with van der Waals surface area (Å²) >= 11 is 10.2. The van der Waals surface area contributed by atoms with Crippen LogP contribution in [0.4, 0.5) is 5.69 Å². The molecule has 1 heterocycles. The topological polar surface area (TPSA) is 38.8 Å². The van der Waals surface area contributed by atoms with Crippen LogP contribution >= 0.6 is 39.9 Å². The van der Waals surface area contributed by atoms with Crippen molar-refractivity contribution < 1.29 is 14.3 Å². The molecule has 4 nitrogen and oxygen atoms in total. The molecular formula is C26H22BrNO3S2. The first-order valence-electron chi connectivity index (χ1n) is 10.3. The molecule has 0 saturated carbocycles. The van der Waals surface area contributed by atoms with Gasteiger partial charge in [-0.05, 0) is 78.6 Å². The van der Waals surface area contributed by atoms with Gasteiger partial charge in [0.05, 0.1) is 17.7 Å². The Bertz CT molecular complexity index is 1250. The van der Waals surface area contributed by atoms with E-state index < -0.39 is 0 Å². The van der Waals surface area contributed by atoms with E-state index in [1.807, 2.05) is 80.6 Å². The lowest BCUT2D eigenvalue weighted by Crippen LogP contribution is -2.27. The number of aryl methyl sites for hydroxylation is 2. The monoisotopic (exact) mass is 539 g/mol. The zero-order chi connectivity index (χ0) is 23.5. The molecule has 1 amide bonds. The second-order valence-corrected chi connectivity index (χ2v) is 10.2. The zero-order valence-electron chi connectivity index (χ0n) is 18.4. The number of nitrogens with zero attached hydrogens (tertiary/aromatic N) is 1. The maximum atomic E-state index is 13.1. The van der Waals surface area contributed by atoms with E-state index in [2.05, 4.69) is 15.9 Å². The minimum Gasteiger partial charge on any atom is -0.493 e. The summed E-state index contributed by atoms with van der Waals surface area (Å²) in [4.78, 5) is 15.3. The van der Waals surface area contributed by atoms with Gasteiger partial charge in [-0.1, -0.05) is 64.2 Å². The van der Waals surface area contributed by atoms with Crippen molar-refractivity contribution >= 4 is 61.9 Å². The lowest BCUT2D eigenvalue weighted by atomic mass is 10.1. The Hall–Kier alpha value is -2.61. The SMILES string of the molecule is COc1cc(/C=C2\SC(=S)N(c3ccc(C)c(C)c3)C2=O)ccc1OCc1ccc(Br)cc1. The van der Waals surface area contributed by atoms with E-state index in [9.17, 15) is 4.79 Å². The molecule has 0 bridgehead atoms. The summed E-state index contributed by atoms with van der Waals surface area (Å²) in [5.74, 6) is 1.12. The number of carbonyl (C=O) groups excluding carboxylic acids is 1. The third-order valence-corrected chi connectivity index (χ3v) is 7.17. The number of thiocarbonyl (C=S) groups is 1. The molecule has 0 radical (unpaired) electrons. The maximum Gasteiger partial charge on any atom is 0.270 e. The average Bonchev–Trinajstić information content (AvgIpc) is 3.08. The first kappa shape index (κ1) is 23.5. The summed E-state index contributed by atoms with van der Waals surface area (Å²) in [6.07, 6.45) is 1.83. The standard InChI is InChI=1S/C26H22BrNO3S2/c1-16-4-10-21(12-17(16)2)28-25(29)24(33-26(28)32)14-19-7-11-22(23(13-19)30-3)31-15-18-5-8-20(27)9-6-18/h4-14H,15H2,1-3H3/b24-14-. The van der Waals surface area contributed by atoms with E-state index in [-0.39, 0.29) is 5.91 Å². The van der Waals surface area contributed by atoms with Crippen LogP contribution in [-0.4, -0.2) is 17.3 Å². The first-order valence-corrected chi connectivity index (χ1v) is 12.3. The second-order valence-electron chi connectivity index (χ2n) is 7.61. The Morgan fingerprint density at radius 2 is 1.76 bits per heavy atom. The van der Waals surface area contributed by atoms with Crippen molar-refractivity contribution in [3.05, 3.63) is 92.3 Å².